The molecule has 0 aliphatic rings. The van der Waals surface area contributed by atoms with Crippen LogP contribution in [0.1, 0.15) is 0 Å². The van der Waals surface area contributed by atoms with Crippen LogP contribution in [0.4, 0.5) is 17.6 Å². The van der Waals surface area contributed by atoms with E-state index < -0.39 is 24.6 Å². The van der Waals surface area contributed by atoms with Gasteiger partial charge in [-0.15, -0.1) is 0 Å². The Hall–Kier alpha value is -1.34. The second-order valence-corrected chi connectivity index (χ2v) is 3.66. The predicted octanol–water partition coefficient (Wildman–Crippen LogP) is 1.72. The van der Waals surface area contributed by atoms with E-state index in [1.54, 1.807) is 0 Å². The molecule has 7 heteroatoms. The third kappa shape index (κ3) is 6.41. The number of aliphatic hydroxyl groups is 1. The minimum Gasteiger partial charge on any atom is -0.491 e. The van der Waals surface area contributed by atoms with Gasteiger partial charge < -0.3 is 15.2 Å². The van der Waals surface area contributed by atoms with Gasteiger partial charge in [-0.25, -0.2) is 4.39 Å². The number of ether oxygens (including phenoxy) is 1. The first-order valence-corrected chi connectivity index (χ1v) is 5.21. The van der Waals surface area contributed by atoms with Crippen LogP contribution in [0.15, 0.2) is 24.3 Å². The van der Waals surface area contributed by atoms with E-state index in [-0.39, 0.29) is 13.2 Å². The second kappa shape index (κ2) is 6.55. The van der Waals surface area contributed by atoms with Crippen LogP contribution in [-0.4, -0.2) is 37.1 Å². The van der Waals surface area contributed by atoms with Crippen molar-refractivity contribution in [2.24, 2.45) is 0 Å². The highest BCUT2D eigenvalue weighted by Crippen LogP contribution is 2.12. The zero-order valence-corrected chi connectivity index (χ0v) is 9.38. The van der Waals surface area contributed by atoms with Crippen molar-refractivity contribution in [3.05, 3.63) is 30.1 Å². The van der Waals surface area contributed by atoms with E-state index >= 15 is 0 Å². The minimum atomic E-state index is -4.31. The summed E-state index contributed by atoms with van der Waals surface area (Å²) in [5.41, 5.74) is 0. The molecule has 1 unspecified atom stereocenters. The van der Waals surface area contributed by atoms with Gasteiger partial charge in [0.1, 0.15) is 24.3 Å². The van der Waals surface area contributed by atoms with Crippen LogP contribution in [-0.2, 0) is 0 Å². The third-order valence-electron chi connectivity index (χ3n) is 1.96. The van der Waals surface area contributed by atoms with E-state index in [2.05, 4.69) is 5.32 Å². The average molecular weight is 267 g/mol. The number of hydrogen-bond acceptors (Lipinski definition) is 3. The van der Waals surface area contributed by atoms with Gasteiger partial charge in [0, 0.05) is 6.54 Å². The lowest BCUT2D eigenvalue weighted by Crippen LogP contribution is -2.37. The summed E-state index contributed by atoms with van der Waals surface area (Å²) in [5.74, 6) is -0.0824. The van der Waals surface area contributed by atoms with Crippen LogP contribution in [0.25, 0.3) is 0 Å². The lowest BCUT2D eigenvalue weighted by Gasteiger charge is -2.14. The number of aliphatic hydroxyl groups excluding tert-OH is 1. The molecule has 0 spiro atoms. The van der Waals surface area contributed by atoms with E-state index in [1.807, 2.05) is 0 Å². The van der Waals surface area contributed by atoms with Gasteiger partial charge in [-0.3, -0.25) is 0 Å². The van der Waals surface area contributed by atoms with Gasteiger partial charge in [0.05, 0.1) is 6.54 Å². The number of rotatable bonds is 6. The van der Waals surface area contributed by atoms with Crippen molar-refractivity contribution in [1.29, 1.82) is 0 Å². The van der Waals surface area contributed by atoms with Crippen molar-refractivity contribution in [3.8, 4) is 5.75 Å². The standard InChI is InChI=1S/C11H13F4NO2/c12-8-1-3-10(4-2-8)18-6-9(17)5-16-7-11(13,14)15/h1-4,9,16-17H,5-7H2. The Morgan fingerprint density at radius 2 is 1.83 bits per heavy atom. The lowest BCUT2D eigenvalue weighted by atomic mass is 10.3. The summed E-state index contributed by atoms with van der Waals surface area (Å²) in [6.45, 7) is -1.57. The Kier molecular flexibility index (Phi) is 5.36. The molecule has 1 aromatic carbocycles. The van der Waals surface area contributed by atoms with E-state index in [9.17, 15) is 22.7 Å². The Morgan fingerprint density at radius 3 is 2.39 bits per heavy atom. The first-order chi connectivity index (χ1) is 8.37. The molecule has 0 heterocycles. The average Bonchev–Trinajstić information content (AvgIpc) is 2.26. The molecule has 0 bridgehead atoms. The molecule has 0 radical (unpaired) electrons. The first kappa shape index (κ1) is 14.7. The van der Waals surface area contributed by atoms with Gasteiger partial charge in [-0.1, -0.05) is 0 Å². The van der Waals surface area contributed by atoms with Crippen molar-refractivity contribution in [1.82, 2.24) is 5.32 Å². The van der Waals surface area contributed by atoms with Gasteiger partial charge >= 0.3 is 6.18 Å². The van der Waals surface area contributed by atoms with Crippen LogP contribution >= 0.6 is 0 Å². The summed E-state index contributed by atoms with van der Waals surface area (Å²) in [5, 5.41) is 11.4. The number of hydrogen-bond donors (Lipinski definition) is 2. The van der Waals surface area contributed by atoms with Gasteiger partial charge in [-0.05, 0) is 24.3 Å². The quantitative estimate of drug-likeness (QED) is 0.771. The number of halogens is 4. The van der Waals surface area contributed by atoms with Crippen LogP contribution < -0.4 is 10.1 Å². The molecule has 2 N–H and O–H groups in total. The fourth-order valence-electron chi connectivity index (χ4n) is 1.16. The Bertz CT molecular complexity index is 353. The zero-order valence-electron chi connectivity index (χ0n) is 9.38. The van der Waals surface area contributed by atoms with E-state index in [1.165, 1.54) is 24.3 Å². The summed E-state index contributed by atoms with van der Waals surface area (Å²) in [7, 11) is 0. The number of benzene rings is 1. The zero-order chi connectivity index (χ0) is 13.6. The van der Waals surface area contributed by atoms with Crippen molar-refractivity contribution < 1.29 is 27.4 Å². The molecule has 0 saturated heterocycles. The van der Waals surface area contributed by atoms with Crippen molar-refractivity contribution >= 4 is 0 Å². The molecule has 1 atom stereocenters. The monoisotopic (exact) mass is 267 g/mol. The third-order valence-corrected chi connectivity index (χ3v) is 1.96. The maximum absolute atomic E-state index is 12.5. The molecule has 0 saturated carbocycles. The summed E-state index contributed by atoms with van der Waals surface area (Å²) in [6, 6.07) is 5.10. The molecular weight excluding hydrogens is 254 g/mol. The Labute approximate surface area is 101 Å². The van der Waals surface area contributed by atoms with Crippen molar-refractivity contribution in [2.45, 2.75) is 12.3 Å². The predicted molar refractivity (Wildman–Crippen MR) is 56.8 cm³/mol. The summed E-state index contributed by atoms with van der Waals surface area (Å²) < 4.78 is 53.0. The Balaban J connectivity index is 2.21. The van der Waals surface area contributed by atoms with E-state index in [0.717, 1.165) is 0 Å². The highest BCUT2D eigenvalue weighted by molar-refractivity contribution is 5.22. The molecule has 102 valence electrons. The maximum Gasteiger partial charge on any atom is 0.401 e. The Morgan fingerprint density at radius 1 is 1.22 bits per heavy atom. The van der Waals surface area contributed by atoms with Gasteiger partial charge in [-0.2, -0.15) is 13.2 Å². The van der Waals surface area contributed by atoms with E-state index in [4.69, 9.17) is 4.74 Å². The fourth-order valence-corrected chi connectivity index (χ4v) is 1.16. The molecule has 18 heavy (non-hydrogen) atoms. The second-order valence-electron chi connectivity index (χ2n) is 3.66. The largest absolute Gasteiger partial charge is 0.491 e. The lowest BCUT2D eigenvalue weighted by molar-refractivity contribution is -0.125. The van der Waals surface area contributed by atoms with Crippen molar-refractivity contribution in [3.63, 3.8) is 0 Å². The maximum atomic E-state index is 12.5. The van der Waals surface area contributed by atoms with Gasteiger partial charge in [0.2, 0.25) is 0 Å². The molecule has 0 fully saturated rings. The van der Waals surface area contributed by atoms with Crippen LogP contribution in [0.5, 0.6) is 5.75 Å². The van der Waals surface area contributed by atoms with Crippen LogP contribution in [0.2, 0.25) is 0 Å². The molecule has 3 nitrogen and oxygen atoms in total. The minimum absolute atomic E-state index is 0.170. The fraction of sp³-hybridized carbons (Fsp3) is 0.455. The molecule has 0 aliphatic heterocycles. The number of alkyl halides is 3. The van der Waals surface area contributed by atoms with Gasteiger partial charge in [0.25, 0.3) is 0 Å². The molecular formula is C11H13F4NO2. The molecule has 1 rings (SSSR count). The summed E-state index contributed by atoms with van der Waals surface area (Å²) in [6.07, 6.45) is -5.38. The number of nitrogens with one attached hydrogen (secondary N) is 1. The summed E-state index contributed by atoms with van der Waals surface area (Å²) in [4.78, 5) is 0. The smallest absolute Gasteiger partial charge is 0.401 e. The topological polar surface area (TPSA) is 41.5 Å². The molecule has 1 aromatic rings. The molecule has 0 amide bonds. The highest BCUT2D eigenvalue weighted by Gasteiger charge is 2.26. The summed E-state index contributed by atoms with van der Waals surface area (Å²) >= 11 is 0. The molecule has 0 aliphatic carbocycles. The van der Waals surface area contributed by atoms with Gasteiger partial charge in [0.15, 0.2) is 0 Å². The van der Waals surface area contributed by atoms with Crippen LogP contribution in [0, 0.1) is 5.82 Å². The first-order valence-electron chi connectivity index (χ1n) is 5.21. The van der Waals surface area contributed by atoms with Crippen molar-refractivity contribution in [2.75, 3.05) is 19.7 Å². The van der Waals surface area contributed by atoms with Crippen LogP contribution in [0.3, 0.4) is 0 Å². The SMILES string of the molecule is OC(CNCC(F)(F)F)COc1ccc(F)cc1. The molecule has 0 aromatic heterocycles. The highest BCUT2D eigenvalue weighted by atomic mass is 19.4. The van der Waals surface area contributed by atoms with E-state index in [0.29, 0.717) is 5.75 Å². The normalized spacial score (nSPS) is 13.4.